The van der Waals surface area contributed by atoms with Gasteiger partial charge >= 0.3 is 57.4 Å². The van der Waals surface area contributed by atoms with Gasteiger partial charge in [-0.1, -0.05) is 73.5 Å². The molecule has 0 amide bonds. The van der Waals surface area contributed by atoms with Crippen LogP contribution in [0, 0.1) is 0 Å². The summed E-state index contributed by atoms with van der Waals surface area (Å²) in [6.45, 7) is 2.46. The summed E-state index contributed by atoms with van der Waals surface area (Å²) in [6.07, 6.45) is 2.58. The summed E-state index contributed by atoms with van der Waals surface area (Å²) in [6, 6.07) is 15.8. The molecule has 0 aliphatic carbocycles. The topological polar surface area (TPSA) is 110 Å². The molecule has 4 rings (SSSR count). The van der Waals surface area contributed by atoms with Crippen molar-refractivity contribution < 1.29 is 61.3 Å². The Hall–Kier alpha value is -1.88. The Balaban J connectivity index is 0.00000289. The standard InChI is InChI=1S/C22H21ClN6O2.K/c1-2-3-8-18-24-20(23)19(22(30)31)29(18)13-14-9-11-15(12-10-14)16-6-4-5-7-17(16)21-25-27-28-26-21;/h4-7,9-12H,2-3,8,13H2,1H3,(H,30,31)(H,25,26,27,28);/q;+1. The number of carboxylic acids is 1. The maximum absolute atomic E-state index is 11.7. The number of aryl methyl sites for hydroxylation is 1. The number of unbranched alkanes of at least 4 members (excludes halogenated alkanes) is 1. The molecule has 0 aliphatic rings. The molecule has 10 heteroatoms. The van der Waals surface area contributed by atoms with Crippen molar-refractivity contribution in [3.8, 4) is 22.5 Å². The second kappa shape index (κ2) is 11.3. The molecular formula is C22H21ClKN6O2+. The van der Waals surface area contributed by atoms with Crippen LogP contribution >= 0.6 is 11.6 Å². The van der Waals surface area contributed by atoms with Gasteiger partial charge in [-0.05, 0) is 28.3 Å². The minimum Gasteiger partial charge on any atom is -0.476 e. The van der Waals surface area contributed by atoms with Crippen molar-refractivity contribution in [1.29, 1.82) is 0 Å². The molecule has 0 unspecified atom stereocenters. The second-order valence-corrected chi connectivity index (χ2v) is 7.50. The van der Waals surface area contributed by atoms with Crippen LogP contribution in [-0.2, 0) is 13.0 Å². The number of halogens is 1. The van der Waals surface area contributed by atoms with E-state index >= 15 is 0 Å². The molecule has 0 fully saturated rings. The minimum absolute atomic E-state index is 0. The third-order valence-electron chi connectivity index (χ3n) is 5.08. The van der Waals surface area contributed by atoms with Gasteiger partial charge in [-0.15, -0.1) is 10.2 Å². The summed E-state index contributed by atoms with van der Waals surface area (Å²) in [5, 5.41) is 23.9. The fourth-order valence-corrected chi connectivity index (χ4v) is 3.83. The molecule has 0 saturated carbocycles. The van der Waals surface area contributed by atoms with E-state index in [1.165, 1.54) is 0 Å². The Kier molecular flexibility index (Phi) is 8.75. The van der Waals surface area contributed by atoms with Crippen LogP contribution < -0.4 is 51.4 Å². The maximum Gasteiger partial charge on any atom is 1.00 e. The number of hydrogen-bond donors (Lipinski definition) is 2. The van der Waals surface area contributed by atoms with Gasteiger partial charge in [0.25, 0.3) is 0 Å². The van der Waals surface area contributed by atoms with Crippen molar-refractivity contribution in [2.24, 2.45) is 0 Å². The summed E-state index contributed by atoms with van der Waals surface area (Å²) in [5.74, 6) is 0.140. The van der Waals surface area contributed by atoms with Gasteiger partial charge in [0.15, 0.2) is 10.8 Å². The molecular weight excluding hydrogens is 455 g/mol. The molecule has 32 heavy (non-hydrogen) atoms. The fraction of sp³-hybridized carbons (Fsp3) is 0.227. The third-order valence-corrected chi connectivity index (χ3v) is 5.34. The molecule has 8 nitrogen and oxygen atoms in total. The van der Waals surface area contributed by atoms with E-state index in [0.29, 0.717) is 24.6 Å². The Morgan fingerprint density at radius 1 is 1.12 bits per heavy atom. The number of benzene rings is 2. The van der Waals surface area contributed by atoms with E-state index in [9.17, 15) is 9.90 Å². The average Bonchev–Trinajstić information content (AvgIpc) is 3.41. The van der Waals surface area contributed by atoms with E-state index in [2.05, 4.69) is 32.5 Å². The van der Waals surface area contributed by atoms with Gasteiger partial charge in [-0.2, -0.15) is 5.21 Å². The number of rotatable bonds is 8. The SMILES string of the molecule is CCCCc1nc(Cl)c(C(=O)O)n1Cc1ccc(-c2ccccc2-c2nn[nH]n2)cc1.[K+]. The molecule has 0 atom stereocenters. The van der Waals surface area contributed by atoms with E-state index in [0.717, 1.165) is 35.1 Å². The zero-order chi connectivity index (χ0) is 21.8. The predicted molar refractivity (Wildman–Crippen MR) is 117 cm³/mol. The first kappa shape index (κ1) is 24.8. The van der Waals surface area contributed by atoms with Crippen LogP contribution in [0.4, 0.5) is 0 Å². The number of nitrogens with one attached hydrogen (secondary N) is 1. The number of nitrogens with zero attached hydrogens (tertiary/aromatic N) is 5. The number of carbonyl (C=O) groups is 1. The third kappa shape index (κ3) is 5.36. The normalized spacial score (nSPS) is 10.7. The molecule has 0 radical (unpaired) electrons. The van der Waals surface area contributed by atoms with Crippen molar-refractivity contribution >= 4 is 17.6 Å². The minimum atomic E-state index is -1.08. The van der Waals surface area contributed by atoms with E-state index < -0.39 is 5.97 Å². The predicted octanol–water partition coefficient (Wildman–Crippen LogP) is 1.48. The van der Waals surface area contributed by atoms with Crippen LogP contribution in [0.1, 0.15) is 41.6 Å². The van der Waals surface area contributed by atoms with E-state index in [1.807, 2.05) is 48.5 Å². The summed E-state index contributed by atoms with van der Waals surface area (Å²) in [5.41, 5.74) is 3.84. The quantitative estimate of drug-likeness (QED) is 0.373. The average molecular weight is 476 g/mol. The zero-order valence-electron chi connectivity index (χ0n) is 17.9. The van der Waals surface area contributed by atoms with Crippen LogP contribution in [0.15, 0.2) is 48.5 Å². The van der Waals surface area contributed by atoms with Gasteiger partial charge in [-0.25, -0.2) is 9.78 Å². The van der Waals surface area contributed by atoms with Crippen molar-refractivity contribution in [2.75, 3.05) is 0 Å². The number of aromatic carboxylic acids is 1. The van der Waals surface area contributed by atoms with Gasteiger partial charge in [0, 0.05) is 18.5 Å². The van der Waals surface area contributed by atoms with Gasteiger partial charge in [0.1, 0.15) is 5.82 Å². The molecule has 0 aliphatic heterocycles. The van der Waals surface area contributed by atoms with Crippen molar-refractivity contribution in [1.82, 2.24) is 30.2 Å². The molecule has 2 aromatic carbocycles. The number of imidazole rings is 1. The number of aromatic nitrogens is 6. The van der Waals surface area contributed by atoms with Crippen LogP contribution in [-0.4, -0.2) is 41.3 Å². The number of tetrazole rings is 1. The van der Waals surface area contributed by atoms with Crippen molar-refractivity contribution in [3.63, 3.8) is 0 Å². The Morgan fingerprint density at radius 3 is 2.47 bits per heavy atom. The monoisotopic (exact) mass is 475 g/mol. The van der Waals surface area contributed by atoms with Crippen LogP contribution in [0.3, 0.4) is 0 Å². The molecule has 0 saturated heterocycles. The number of carboxylic acid groups (broad SMARTS) is 1. The Labute approximate surface area is 232 Å². The molecule has 4 aromatic rings. The van der Waals surface area contributed by atoms with Gasteiger partial charge < -0.3 is 9.67 Å². The number of aromatic amines is 1. The Bertz CT molecular complexity index is 1190. The molecule has 2 aromatic heterocycles. The van der Waals surface area contributed by atoms with Crippen LogP contribution in [0.5, 0.6) is 0 Å². The fourth-order valence-electron chi connectivity index (χ4n) is 3.54. The summed E-state index contributed by atoms with van der Waals surface area (Å²) in [4.78, 5) is 16.0. The molecule has 0 spiro atoms. The largest absolute Gasteiger partial charge is 1.00 e. The first-order valence-corrected chi connectivity index (χ1v) is 10.4. The molecule has 2 heterocycles. The van der Waals surface area contributed by atoms with Crippen LogP contribution in [0.25, 0.3) is 22.5 Å². The smallest absolute Gasteiger partial charge is 0.476 e. The number of hydrogen-bond acceptors (Lipinski definition) is 5. The summed E-state index contributed by atoms with van der Waals surface area (Å²) >= 11 is 6.13. The van der Waals surface area contributed by atoms with Gasteiger partial charge in [0.2, 0.25) is 5.82 Å². The summed E-state index contributed by atoms with van der Waals surface area (Å²) < 4.78 is 1.70. The van der Waals surface area contributed by atoms with Gasteiger partial charge in [-0.3, -0.25) is 0 Å². The van der Waals surface area contributed by atoms with E-state index in [-0.39, 0.29) is 62.2 Å². The number of H-pyrrole nitrogens is 1. The Morgan fingerprint density at radius 2 is 1.84 bits per heavy atom. The van der Waals surface area contributed by atoms with Gasteiger partial charge in [0.05, 0.1) is 0 Å². The van der Waals surface area contributed by atoms with Crippen molar-refractivity contribution in [3.05, 3.63) is 70.8 Å². The second-order valence-electron chi connectivity index (χ2n) is 7.14. The molecule has 158 valence electrons. The molecule has 0 bridgehead atoms. The zero-order valence-corrected chi connectivity index (χ0v) is 21.8. The van der Waals surface area contributed by atoms with Crippen molar-refractivity contribution in [2.45, 2.75) is 32.7 Å². The van der Waals surface area contributed by atoms with Crippen LogP contribution in [0.2, 0.25) is 5.15 Å². The van der Waals surface area contributed by atoms with E-state index in [1.54, 1.807) is 4.57 Å². The first-order chi connectivity index (χ1) is 15.1. The maximum atomic E-state index is 11.7. The summed E-state index contributed by atoms with van der Waals surface area (Å²) in [7, 11) is 0. The van der Waals surface area contributed by atoms with E-state index in [4.69, 9.17) is 11.6 Å². The first-order valence-electron chi connectivity index (χ1n) is 9.98. The molecule has 2 N–H and O–H groups in total.